The van der Waals surface area contributed by atoms with Crippen molar-refractivity contribution in [2.24, 2.45) is 0 Å². The molecule has 6 nitrogen and oxygen atoms in total. The fourth-order valence-electron chi connectivity index (χ4n) is 1.97. The summed E-state index contributed by atoms with van der Waals surface area (Å²) in [7, 11) is 0. The van der Waals surface area contributed by atoms with Crippen LogP contribution in [-0.2, 0) is 11.3 Å². The molecule has 0 bridgehead atoms. The van der Waals surface area contributed by atoms with Crippen LogP contribution in [0.5, 0.6) is 0 Å². The molecule has 0 unspecified atom stereocenters. The first kappa shape index (κ1) is 15.6. The van der Waals surface area contributed by atoms with Gasteiger partial charge in [-0.25, -0.2) is 4.68 Å². The van der Waals surface area contributed by atoms with Gasteiger partial charge in [-0.3, -0.25) is 4.79 Å². The molecule has 1 N–H and O–H groups in total. The van der Waals surface area contributed by atoms with E-state index >= 15 is 0 Å². The zero-order chi connectivity index (χ0) is 14.9. The molecule has 0 aliphatic heterocycles. The van der Waals surface area contributed by atoms with Gasteiger partial charge in [0.2, 0.25) is 0 Å². The Balaban J connectivity index is 1.76. The van der Waals surface area contributed by atoms with Crippen molar-refractivity contribution in [3.63, 3.8) is 0 Å². The number of nitrogens with zero attached hydrogens (tertiary/aromatic N) is 3. The second kappa shape index (κ2) is 8.49. The highest BCUT2D eigenvalue weighted by Crippen LogP contribution is 2.02. The summed E-state index contributed by atoms with van der Waals surface area (Å²) < 4.78 is 6.84. The molecule has 0 saturated heterocycles. The molecule has 0 atom stereocenters. The molecule has 0 spiro atoms. The summed E-state index contributed by atoms with van der Waals surface area (Å²) in [6, 6.07) is 7.25. The van der Waals surface area contributed by atoms with Crippen molar-refractivity contribution in [1.82, 2.24) is 20.3 Å². The van der Waals surface area contributed by atoms with E-state index in [1.165, 1.54) is 4.68 Å². The third-order valence-corrected chi connectivity index (χ3v) is 3.20. The third-order valence-electron chi connectivity index (χ3n) is 3.20. The van der Waals surface area contributed by atoms with Gasteiger partial charge in [0, 0.05) is 19.7 Å². The first-order valence-corrected chi connectivity index (χ1v) is 7.44. The van der Waals surface area contributed by atoms with Crippen LogP contribution in [-0.4, -0.2) is 41.3 Å². The lowest BCUT2D eigenvalue weighted by Crippen LogP contribution is -2.31. The molecule has 2 rings (SSSR count). The Bertz CT molecular complexity index is 612. The Morgan fingerprint density at radius 1 is 1.24 bits per heavy atom. The highest BCUT2D eigenvalue weighted by Gasteiger charge is 2.03. The number of aromatic nitrogens is 3. The highest BCUT2D eigenvalue weighted by molar-refractivity contribution is 5.76. The molecule has 1 aromatic carbocycles. The topological polar surface area (TPSA) is 69.0 Å². The van der Waals surface area contributed by atoms with Gasteiger partial charge in [0.05, 0.1) is 18.5 Å². The van der Waals surface area contributed by atoms with Gasteiger partial charge in [-0.05, 0) is 18.6 Å². The maximum Gasteiger partial charge on any atom is 0.277 e. The Hall–Kier alpha value is -1.79. The quantitative estimate of drug-likeness (QED) is 0.703. The fourth-order valence-corrected chi connectivity index (χ4v) is 1.97. The van der Waals surface area contributed by atoms with E-state index in [9.17, 15) is 4.79 Å². The van der Waals surface area contributed by atoms with Crippen LogP contribution in [0.1, 0.15) is 19.8 Å². The number of rotatable bonds is 9. The molecule has 0 aliphatic rings. The van der Waals surface area contributed by atoms with Crippen LogP contribution in [0.4, 0.5) is 0 Å². The third kappa shape index (κ3) is 4.61. The second-order valence-electron chi connectivity index (χ2n) is 4.85. The maximum absolute atomic E-state index is 12.2. The molecule has 0 amide bonds. The van der Waals surface area contributed by atoms with Gasteiger partial charge in [-0.2, -0.15) is 0 Å². The monoisotopic (exact) mass is 290 g/mol. The summed E-state index contributed by atoms with van der Waals surface area (Å²) in [6.07, 6.45) is 2.25. The van der Waals surface area contributed by atoms with Crippen LogP contribution in [0.15, 0.2) is 29.1 Å². The molecule has 21 heavy (non-hydrogen) atoms. The van der Waals surface area contributed by atoms with E-state index in [1.54, 1.807) is 12.1 Å². The van der Waals surface area contributed by atoms with Gasteiger partial charge >= 0.3 is 0 Å². The van der Waals surface area contributed by atoms with Gasteiger partial charge in [0.25, 0.3) is 5.56 Å². The van der Waals surface area contributed by atoms with Crippen molar-refractivity contribution >= 4 is 10.9 Å². The standard InChI is InChI=1S/C15H22N4O2/c1-2-3-11-21-12-9-16-8-10-19-15(20)13-6-4-5-7-14(13)17-18-19/h4-7,16H,2-3,8-12H2,1H3. The van der Waals surface area contributed by atoms with E-state index in [1.807, 2.05) is 12.1 Å². The zero-order valence-electron chi connectivity index (χ0n) is 12.4. The lowest BCUT2D eigenvalue weighted by Gasteiger charge is -2.07. The molecular weight excluding hydrogens is 268 g/mol. The summed E-state index contributed by atoms with van der Waals surface area (Å²) in [6.45, 7) is 5.60. The Kier molecular flexibility index (Phi) is 6.30. The van der Waals surface area contributed by atoms with Crippen molar-refractivity contribution in [3.05, 3.63) is 34.6 Å². The molecular formula is C15H22N4O2. The molecule has 114 valence electrons. The van der Waals surface area contributed by atoms with Crippen molar-refractivity contribution in [1.29, 1.82) is 0 Å². The molecule has 1 heterocycles. The second-order valence-corrected chi connectivity index (χ2v) is 4.85. The van der Waals surface area contributed by atoms with Gasteiger partial charge in [0.15, 0.2) is 0 Å². The molecule has 0 aliphatic carbocycles. The van der Waals surface area contributed by atoms with Crippen molar-refractivity contribution in [3.8, 4) is 0 Å². The number of unbranched alkanes of at least 4 members (excludes halogenated alkanes) is 1. The zero-order valence-corrected chi connectivity index (χ0v) is 12.4. The van der Waals surface area contributed by atoms with Crippen LogP contribution in [0.3, 0.4) is 0 Å². The molecule has 6 heteroatoms. The first-order chi connectivity index (χ1) is 10.3. The predicted octanol–water partition coefficient (Wildman–Crippen LogP) is 1.20. The lowest BCUT2D eigenvalue weighted by atomic mass is 10.2. The van der Waals surface area contributed by atoms with Gasteiger partial charge in [-0.1, -0.05) is 30.7 Å². The van der Waals surface area contributed by atoms with Crippen LogP contribution in [0.2, 0.25) is 0 Å². The summed E-state index contributed by atoms with van der Waals surface area (Å²) in [5, 5.41) is 11.8. The number of nitrogens with one attached hydrogen (secondary N) is 1. The minimum absolute atomic E-state index is 0.0957. The summed E-state index contributed by atoms with van der Waals surface area (Å²) >= 11 is 0. The van der Waals surface area contributed by atoms with Gasteiger partial charge < -0.3 is 10.1 Å². The van der Waals surface area contributed by atoms with E-state index in [0.29, 0.717) is 30.6 Å². The van der Waals surface area contributed by atoms with Crippen molar-refractivity contribution in [2.75, 3.05) is 26.3 Å². The summed E-state index contributed by atoms with van der Waals surface area (Å²) in [5.74, 6) is 0. The van der Waals surface area contributed by atoms with Crippen LogP contribution in [0.25, 0.3) is 10.9 Å². The number of hydrogen-bond acceptors (Lipinski definition) is 5. The number of hydrogen-bond donors (Lipinski definition) is 1. The number of fused-ring (bicyclic) bond motifs is 1. The van der Waals surface area contributed by atoms with Crippen molar-refractivity contribution < 1.29 is 4.74 Å². The fraction of sp³-hybridized carbons (Fsp3) is 0.533. The van der Waals surface area contributed by atoms with E-state index in [4.69, 9.17) is 4.74 Å². The Morgan fingerprint density at radius 3 is 2.95 bits per heavy atom. The maximum atomic E-state index is 12.2. The summed E-state index contributed by atoms with van der Waals surface area (Å²) in [4.78, 5) is 12.2. The minimum Gasteiger partial charge on any atom is -0.380 e. The largest absolute Gasteiger partial charge is 0.380 e. The average Bonchev–Trinajstić information content (AvgIpc) is 2.52. The van der Waals surface area contributed by atoms with Crippen LogP contribution < -0.4 is 10.9 Å². The normalized spacial score (nSPS) is 11.1. The number of ether oxygens (including phenoxy) is 1. The van der Waals surface area contributed by atoms with E-state index in [0.717, 1.165) is 26.0 Å². The van der Waals surface area contributed by atoms with E-state index < -0.39 is 0 Å². The predicted molar refractivity (Wildman–Crippen MR) is 82.4 cm³/mol. The Morgan fingerprint density at radius 2 is 2.10 bits per heavy atom. The molecule has 1 aromatic heterocycles. The lowest BCUT2D eigenvalue weighted by molar-refractivity contribution is 0.133. The van der Waals surface area contributed by atoms with E-state index in [2.05, 4.69) is 22.6 Å². The van der Waals surface area contributed by atoms with Gasteiger partial charge in [-0.15, -0.1) is 5.10 Å². The molecule has 0 fully saturated rings. The molecule has 2 aromatic rings. The van der Waals surface area contributed by atoms with Crippen LogP contribution in [0, 0.1) is 0 Å². The summed E-state index contributed by atoms with van der Waals surface area (Å²) in [5.41, 5.74) is 0.539. The molecule has 0 saturated carbocycles. The first-order valence-electron chi connectivity index (χ1n) is 7.44. The van der Waals surface area contributed by atoms with Gasteiger partial charge in [0.1, 0.15) is 5.52 Å². The van der Waals surface area contributed by atoms with Crippen LogP contribution >= 0.6 is 0 Å². The highest BCUT2D eigenvalue weighted by atomic mass is 16.5. The van der Waals surface area contributed by atoms with E-state index in [-0.39, 0.29) is 5.56 Å². The average molecular weight is 290 g/mol. The Labute approximate surface area is 124 Å². The SMILES string of the molecule is CCCCOCCNCCn1nnc2ccccc2c1=O. The smallest absolute Gasteiger partial charge is 0.277 e. The van der Waals surface area contributed by atoms with Crippen molar-refractivity contribution in [2.45, 2.75) is 26.3 Å². The minimum atomic E-state index is -0.0957. The molecule has 0 radical (unpaired) electrons. The number of benzene rings is 1.